The van der Waals surface area contributed by atoms with Gasteiger partial charge < -0.3 is 20.5 Å². The zero-order valence-corrected chi connectivity index (χ0v) is 25.7. The van der Waals surface area contributed by atoms with Gasteiger partial charge >= 0.3 is 5.97 Å². The average molecular weight is 595 g/mol. The molecule has 3 N–H and O–H groups in total. The van der Waals surface area contributed by atoms with Gasteiger partial charge in [0, 0.05) is 6.42 Å². The molecule has 0 unspecified atom stereocenters. The second-order valence-electron chi connectivity index (χ2n) is 12.0. The van der Waals surface area contributed by atoms with Crippen LogP contribution in [0.2, 0.25) is 0 Å². The molecule has 0 aliphatic rings. The summed E-state index contributed by atoms with van der Waals surface area (Å²) in [5.74, 6) is -2.57. The normalized spacial score (nSPS) is 14.1. The summed E-state index contributed by atoms with van der Waals surface area (Å²) < 4.78 is 19.1. The van der Waals surface area contributed by atoms with Gasteiger partial charge in [0.15, 0.2) is 0 Å². The van der Waals surface area contributed by atoms with E-state index >= 15 is 0 Å². The summed E-state index contributed by atoms with van der Waals surface area (Å²) in [6.07, 6.45) is 5.54. The van der Waals surface area contributed by atoms with E-state index in [2.05, 4.69) is 23.8 Å². The minimum atomic E-state index is -0.687. The first-order chi connectivity index (χ1) is 20.5. The first-order valence-electron chi connectivity index (χ1n) is 14.8. The van der Waals surface area contributed by atoms with Crippen LogP contribution < -0.4 is 10.6 Å². The summed E-state index contributed by atoms with van der Waals surface area (Å²) in [5.41, 5.74) is 1.35. The Bertz CT molecular complexity index is 1180. The largest absolute Gasteiger partial charge is 0.463 e. The fourth-order valence-corrected chi connectivity index (χ4v) is 4.66. The standard InChI is InChI=1S/C35H47FN2O5/c1-6-8-15-28(20-26-16-18-29(36)19-17-26)34(42)43-24-31(35(3,4)5)38-33(41)27(12-7-2)22-32(40)37-30(23-39)21-25-13-10-9-11-14-25/h6-7,9-11,13-14,16-19,27-28,30-31,39H,1-2,8,12,15,20-24H2,3-5H3,(H,37,40)(H,38,41)/t27-,28-,30-,31+/m0/s1. The number of ether oxygens (including phenoxy) is 1. The van der Waals surface area contributed by atoms with Crippen molar-refractivity contribution >= 4 is 17.8 Å². The lowest BCUT2D eigenvalue weighted by molar-refractivity contribution is -0.151. The third-order valence-electron chi connectivity index (χ3n) is 7.37. The maximum atomic E-state index is 13.4. The Kier molecular flexibility index (Phi) is 14.8. The van der Waals surface area contributed by atoms with Gasteiger partial charge in [-0.15, -0.1) is 13.2 Å². The molecule has 2 amide bonds. The Morgan fingerprint density at radius 2 is 1.58 bits per heavy atom. The van der Waals surface area contributed by atoms with Crippen molar-refractivity contribution in [1.29, 1.82) is 0 Å². The summed E-state index contributed by atoms with van der Waals surface area (Å²) in [7, 11) is 0. The van der Waals surface area contributed by atoms with Crippen LogP contribution in [0.15, 0.2) is 79.9 Å². The summed E-state index contributed by atoms with van der Waals surface area (Å²) in [6.45, 7) is 13.0. The van der Waals surface area contributed by atoms with E-state index in [1.165, 1.54) is 12.1 Å². The molecule has 0 aliphatic carbocycles. The molecule has 0 radical (unpaired) electrons. The number of aliphatic hydroxyl groups excluding tert-OH is 1. The zero-order valence-electron chi connectivity index (χ0n) is 25.7. The quantitative estimate of drug-likeness (QED) is 0.160. The molecule has 8 heteroatoms. The van der Waals surface area contributed by atoms with Crippen molar-refractivity contribution in [1.82, 2.24) is 10.6 Å². The van der Waals surface area contributed by atoms with Crippen LogP contribution in [0.1, 0.15) is 57.6 Å². The monoisotopic (exact) mass is 594 g/mol. The van der Waals surface area contributed by atoms with Crippen molar-refractivity contribution in [3.8, 4) is 0 Å². The lowest BCUT2D eigenvalue weighted by atomic mass is 9.86. The van der Waals surface area contributed by atoms with E-state index in [9.17, 15) is 23.9 Å². The Morgan fingerprint density at radius 1 is 0.930 bits per heavy atom. The Hall–Kier alpha value is -3.78. The van der Waals surface area contributed by atoms with Gasteiger partial charge in [-0.1, -0.05) is 75.4 Å². The topological polar surface area (TPSA) is 105 Å². The maximum absolute atomic E-state index is 13.4. The van der Waals surface area contributed by atoms with Crippen LogP contribution in [-0.2, 0) is 32.0 Å². The van der Waals surface area contributed by atoms with Crippen molar-refractivity contribution in [3.63, 3.8) is 0 Å². The summed E-state index contributed by atoms with van der Waals surface area (Å²) in [5, 5.41) is 15.6. The molecule has 0 fully saturated rings. The van der Waals surface area contributed by atoms with Crippen molar-refractivity contribution in [2.24, 2.45) is 17.3 Å². The molecule has 2 aromatic carbocycles. The number of benzene rings is 2. The number of nitrogens with one attached hydrogen (secondary N) is 2. The maximum Gasteiger partial charge on any atom is 0.309 e. The van der Waals surface area contributed by atoms with E-state index < -0.39 is 35.3 Å². The predicted octanol–water partition coefficient (Wildman–Crippen LogP) is 5.33. The van der Waals surface area contributed by atoms with Crippen molar-refractivity contribution in [3.05, 3.63) is 96.9 Å². The number of halogens is 1. The molecule has 0 heterocycles. The number of carbonyl (C=O) groups excluding carboxylic acids is 3. The zero-order chi connectivity index (χ0) is 31.8. The predicted molar refractivity (Wildman–Crippen MR) is 167 cm³/mol. The van der Waals surface area contributed by atoms with E-state index in [1.807, 2.05) is 51.1 Å². The van der Waals surface area contributed by atoms with Gasteiger partial charge in [0.2, 0.25) is 11.8 Å². The molecular formula is C35H47FN2O5. The van der Waals surface area contributed by atoms with Gasteiger partial charge in [0.05, 0.1) is 30.5 Å². The SMILES string of the molecule is C=CCC[C@@H](Cc1ccc(F)cc1)C(=O)OC[C@@H](NC(=O)[C@@H](CC=C)CC(=O)N[C@H](CO)Cc1ccccc1)C(C)(C)C. The third kappa shape index (κ3) is 13.0. The van der Waals surface area contributed by atoms with Crippen LogP contribution in [0.3, 0.4) is 0 Å². The minimum absolute atomic E-state index is 0.0429. The molecule has 0 spiro atoms. The van der Waals surface area contributed by atoms with Gasteiger partial charge in [-0.3, -0.25) is 14.4 Å². The van der Waals surface area contributed by atoms with Crippen LogP contribution in [0.25, 0.3) is 0 Å². The molecule has 0 aromatic heterocycles. The van der Waals surface area contributed by atoms with Gasteiger partial charge in [0.1, 0.15) is 12.4 Å². The van der Waals surface area contributed by atoms with Crippen LogP contribution in [0.5, 0.6) is 0 Å². The molecule has 0 saturated carbocycles. The van der Waals surface area contributed by atoms with E-state index in [1.54, 1.807) is 24.3 Å². The molecule has 0 bridgehead atoms. The van der Waals surface area contributed by atoms with Crippen LogP contribution in [0, 0.1) is 23.1 Å². The van der Waals surface area contributed by atoms with Crippen LogP contribution in [0.4, 0.5) is 4.39 Å². The highest BCUT2D eigenvalue weighted by molar-refractivity contribution is 5.86. The smallest absolute Gasteiger partial charge is 0.309 e. The van der Waals surface area contributed by atoms with Crippen molar-refractivity contribution in [2.75, 3.05) is 13.2 Å². The number of esters is 1. The van der Waals surface area contributed by atoms with E-state index in [-0.39, 0.29) is 43.7 Å². The molecule has 0 saturated heterocycles. The highest BCUT2D eigenvalue weighted by atomic mass is 19.1. The Labute approximate surface area is 255 Å². The third-order valence-corrected chi connectivity index (χ3v) is 7.37. The average Bonchev–Trinajstić information content (AvgIpc) is 2.97. The Balaban J connectivity index is 2.03. The van der Waals surface area contributed by atoms with E-state index in [0.717, 1.165) is 11.1 Å². The lowest BCUT2D eigenvalue weighted by Crippen LogP contribution is -2.50. The fourth-order valence-electron chi connectivity index (χ4n) is 4.66. The molecular weight excluding hydrogens is 547 g/mol. The molecule has 0 aliphatic heterocycles. The summed E-state index contributed by atoms with van der Waals surface area (Å²) in [4.78, 5) is 39.4. The lowest BCUT2D eigenvalue weighted by Gasteiger charge is -2.32. The van der Waals surface area contributed by atoms with Crippen LogP contribution in [-0.4, -0.2) is 48.2 Å². The summed E-state index contributed by atoms with van der Waals surface area (Å²) >= 11 is 0. The van der Waals surface area contributed by atoms with Crippen molar-refractivity contribution < 1.29 is 28.6 Å². The number of hydrogen-bond acceptors (Lipinski definition) is 5. The van der Waals surface area contributed by atoms with Gasteiger partial charge in [-0.2, -0.15) is 0 Å². The molecule has 2 aromatic rings. The Morgan fingerprint density at radius 3 is 2.16 bits per heavy atom. The number of amides is 2. The molecule has 7 nitrogen and oxygen atoms in total. The first kappa shape index (κ1) is 35.4. The second-order valence-corrected chi connectivity index (χ2v) is 12.0. The fraction of sp³-hybridized carbons (Fsp3) is 0.457. The number of allylic oxidation sites excluding steroid dienone is 2. The minimum Gasteiger partial charge on any atom is -0.463 e. The molecule has 43 heavy (non-hydrogen) atoms. The number of rotatable bonds is 18. The van der Waals surface area contributed by atoms with Gasteiger partial charge in [-0.25, -0.2) is 4.39 Å². The van der Waals surface area contributed by atoms with Gasteiger partial charge in [0.25, 0.3) is 0 Å². The first-order valence-corrected chi connectivity index (χ1v) is 14.8. The van der Waals surface area contributed by atoms with Gasteiger partial charge in [-0.05, 0) is 60.8 Å². The molecule has 4 atom stereocenters. The highest BCUT2D eigenvalue weighted by Crippen LogP contribution is 2.23. The number of hydrogen-bond donors (Lipinski definition) is 3. The summed E-state index contributed by atoms with van der Waals surface area (Å²) in [6, 6.07) is 14.6. The van der Waals surface area contributed by atoms with Crippen molar-refractivity contribution in [2.45, 2.75) is 71.4 Å². The molecule has 234 valence electrons. The second kappa shape index (κ2) is 18.0. The van der Waals surface area contributed by atoms with E-state index in [0.29, 0.717) is 25.7 Å². The van der Waals surface area contributed by atoms with Crippen LogP contribution >= 0.6 is 0 Å². The number of aliphatic hydroxyl groups is 1. The molecule has 2 rings (SSSR count). The highest BCUT2D eigenvalue weighted by Gasteiger charge is 2.32. The van der Waals surface area contributed by atoms with E-state index in [4.69, 9.17) is 4.74 Å². The number of carbonyl (C=O) groups is 3.